The van der Waals surface area contributed by atoms with Crippen LogP contribution in [0.2, 0.25) is 0 Å². The van der Waals surface area contributed by atoms with Crippen molar-refractivity contribution in [3.8, 4) is 0 Å². The fourth-order valence-electron chi connectivity index (χ4n) is 0.822. The van der Waals surface area contributed by atoms with Crippen LogP contribution in [0.25, 0.3) is 0 Å². The number of amides is 1. The molecule has 0 N–H and O–H groups in total. The van der Waals surface area contributed by atoms with E-state index < -0.39 is 16.7 Å². The van der Waals surface area contributed by atoms with E-state index in [9.17, 15) is 14.9 Å². The van der Waals surface area contributed by atoms with Crippen LogP contribution in [0.4, 0.5) is 4.79 Å². The Morgan fingerprint density at radius 3 is 2.33 bits per heavy atom. The van der Waals surface area contributed by atoms with Gasteiger partial charge in [-0.2, -0.15) is 0 Å². The third-order valence-corrected chi connectivity index (χ3v) is 1.44. The Balaban J connectivity index is 4.39. The molecule has 88 valence electrons. The zero-order valence-corrected chi connectivity index (χ0v) is 9.35. The Kier molecular flexibility index (Phi) is 4.99. The number of carbonyl (C=O) groups is 1. The first-order chi connectivity index (χ1) is 6.80. The highest BCUT2D eigenvalue weighted by atomic mass is 16.7. The molecule has 7 nitrogen and oxygen atoms in total. The Morgan fingerprint density at radius 2 is 2.00 bits per heavy atom. The van der Waals surface area contributed by atoms with Gasteiger partial charge >= 0.3 is 6.09 Å². The van der Waals surface area contributed by atoms with E-state index in [4.69, 9.17) is 4.74 Å². The molecular formula is C8H16N2O5. The van der Waals surface area contributed by atoms with Crippen molar-refractivity contribution < 1.29 is 19.3 Å². The second kappa shape index (κ2) is 5.50. The largest absolute Gasteiger partial charge is 0.470 e. The number of nitro groups is 1. The summed E-state index contributed by atoms with van der Waals surface area (Å²) in [5.41, 5.74) is -0.938. The molecule has 0 fully saturated rings. The fraction of sp³-hybridized carbons (Fsp3) is 0.875. The lowest BCUT2D eigenvalue weighted by Crippen LogP contribution is -2.49. The van der Waals surface area contributed by atoms with Crippen LogP contribution in [0.1, 0.15) is 27.7 Å². The summed E-state index contributed by atoms with van der Waals surface area (Å²) in [4.78, 5) is 21.9. The summed E-state index contributed by atoms with van der Waals surface area (Å²) in [5.74, 6) is 0. The van der Waals surface area contributed by atoms with E-state index in [-0.39, 0.29) is 6.79 Å². The van der Waals surface area contributed by atoms with Crippen LogP contribution >= 0.6 is 0 Å². The van der Waals surface area contributed by atoms with Crippen LogP contribution in [-0.4, -0.2) is 35.1 Å². The molecule has 7 heteroatoms. The van der Waals surface area contributed by atoms with Gasteiger partial charge in [0.25, 0.3) is 0 Å². The van der Waals surface area contributed by atoms with Crippen molar-refractivity contribution in [1.82, 2.24) is 5.01 Å². The zero-order chi connectivity index (χ0) is 12.1. The second-order valence-electron chi connectivity index (χ2n) is 3.74. The molecule has 0 aliphatic heterocycles. The van der Waals surface area contributed by atoms with Crippen LogP contribution in [0.5, 0.6) is 0 Å². The Hall–Kier alpha value is -1.37. The summed E-state index contributed by atoms with van der Waals surface area (Å²) >= 11 is 0. The van der Waals surface area contributed by atoms with E-state index in [0.717, 1.165) is 0 Å². The van der Waals surface area contributed by atoms with Gasteiger partial charge in [-0.3, -0.25) is 0 Å². The number of nitrogens with zero attached hydrogens (tertiary/aromatic N) is 2. The van der Waals surface area contributed by atoms with Gasteiger partial charge in [-0.1, -0.05) is 0 Å². The summed E-state index contributed by atoms with van der Waals surface area (Å²) in [6.45, 7) is 6.44. The third-order valence-electron chi connectivity index (χ3n) is 1.44. The lowest BCUT2D eigenvalue weighted by atomic mass is 10.1. The molecule has 0 rings (SSSR count). The van der Waals surface area contributed by atoms with Crippen molar-refractivity contribution in [3.05, 3.63) is 10.1 Å². The highest BCUT2D eigenvalue weighted by Gasteiger charge is 2.38. The summed E-state index contributed by atoms with van der Waals surface area (Å²) < 4.78 is 9.31. The lowest BCUT2D eigenvalue weighted by molar-refractivity contribution is -0.651. The van der Waals surface area contributed by atoms with Crippen LogP contribution in [0.3, 0.4) is 0 Å². The van der Waals surface area contributed by atoms with E-state index in [1.165, 1.54) is 20.8 Å². The molecule has 15 heavy (non-hydrogen) atoms. The number of hydrogen-bond acceptors (Lipinski definition) is 5. The van der Waals surface area contributed by atoms with Gasteiger partial charge in [0, 0.05) is 6.61 Å². The lowest BCUT2D eigenvalue weighted by Gasteiger charge is -2.24. The molecule has 0 aromatic heterocycles. The van der Waals surface area contributed by atoms with Gasteiger partial charge in [0.2, 0.25) is 0 Å². The van der Waals surface area contributed by atoms with E-state index in [1.54, 1.807) is 6.92 Å². The maximum atomic E-state index is 11.3. The van der Waals surface area contributed by atoms with E-state index in [1.807, 2.05) is 0 Å². The highest BCUT2D eigenvalue weighted by Crippen LogP contribution is 2.14. The van der Waals surface area contributed by atoms with E-state index in [0.29, 0.717) is 11.6 Å². The minimum Gasteiger partial charge on any atom is -0.419 e. The second-order valence-corrected chi connectivity index (χ2v) is 3.74. The van der Waals surface area contributed by atoms with Gasteiger partial charge < -0.3 is 9.47 Å². The predicted octanol–water partition coefficient (Wildman–Crippen LogP) is 1.41. The Morgan fingerprint density at radius 1 is 1.47 bits per heavy atom. The average Bonchev–Trinajstić information content (AvgIpc) is 2.00. The van der Waals surface area contributed by atoms with Crippen molar-refractivity contribution in [1.29, 1.82) is 0 Å². The molecule has 1 amide bonds. The number of rotatable bonds is 4. The molecule has 0 spiro atoms. The van der Waals surface area contributed by atoms with Crippen LogP contribution in [-0.2, 0) is 9.47 Å². The van der Waals surface area contributed by atoms with Crippen LogP contribution in [0, 0.1) is 10.1 Å². The molecule has 0 radical (unpaired) electrons. The molecule has 0 aromatic carbocycles. The molecule has 0 aromatic rings. The van der Waals surface area contributed by atoms with E-state index in [2.05, 4.69) is 4.74 Å². The number of hydrogen-bond donors (Lipinski definition) is 0. The molecular weight excluding hydrogens is 204 g/mol. The topological polar surface area (TPSA) is 81.9 Å². The van der Waals surface area contributed by atoms with Gasteiger partial charge in [-0.05, 0) is 32.7 Å². The van der Waals surface area contributed by atoms with Gasteiger partial charge in [0.05, 0.1) is 0 Å². The van der Waals surface area contributed by atoms with Gasteiger partial charge in [-0.15, -0.1) is 0 Å². The first kappa shape index (κ1) is 13.6. The minimum absolute atomic E-state index is 0.282. The molecule has 0 heterocycles. The quantitative estimate of drug-likeness (QED) is 0.309. The summed E-state index contributed by atoms with van der Waals surface area (Å²) in [6, 6.07) is 0. The maximum absolute atomic E-state index is 11.3. The highest BCUT2D eigenvalue weighted by molar-refractivity contribution is 5.66. The van der Waals surface area contributed by atoms with Crippen molar-refractivity contribution in [2.45, 2.75) is 33.2 Å². The van der Waals surface area contributed by atoms with Crippen molar-refractivity contribution in [2.24, 2.45) is 0 Å². The third kappa shape index (κ3) is 4.59. The standard InChI is InChI=1S/C8H16N2O5/c1-5-14-6-15-7(11)9(10(12)13)8(2,3)4/h5-6H2,1-4H3. The Bertz CT molecular complexity index is 236. The molecule has 0 bridgehead atoms. The first-order valence-corrected chi connectivity index (χ1v) is 4.49. The summed E-state index contributed by atoms with van der Waals surface area (Å²) in [6.07, 6.45) is -1.03. The van der Waals surface area contributed by atoms with Crippen LogP contribution < -0.4 is 0 Å². The smallest absolute Gasteiger partial charge is 0.419 e. The predicted molar refractivity (Wildman–Crippen MR) is 51.6 cm³/mol. The monoisotopic (exact) mass is 220 g/mol. The van der Waals surface area contributed by atoms with Crippen molar-refractivity contribution in [2.75, 3.05) is 13.4 Å². The molecule has 0 saturated heterocycles. The number of ether oxygens (including phenoxy) is 2. The Labute approximate surface area is 88.1 Å². The fourth-order valence-corrected chi connectivity index (χ4v) is 0.822. The number of hydrazine groups is 1. The van der Waals surface area contributed by atoms with E-state index >= 15 is 0 Å². The normalized spacial score (nSPS) is 10.9. The molecule has 0 atom stereocenters. The first-order valence-electron chi connectivity index (χ1n) is 4.49. The summed E-state index contributed by atoms with van der Waals surface area (Å²) in [7, 11) is 0. The minimum atomic E-state index is -1.03. The summed E-state index contributed by atoms with van der Waals surface area (Å²) in [5, 5.41) is 10.2. The van der Waals surface area contributed by atoms with Gasteiger partial charge in [-0.25, -0.2) is 14.9 Å². The SMILES string of the molecule is CCOCOC(=O)N([N+](=O)[O-])C(C)(C)C. The number of carbonyl (C=O) groups excluding carboxylic acids is 1. The molecule has 0 aliphatic carbocycles. The molecule has 0 aliphatic rings. The zero-order valence-electron chi connectivity index (χ0n) is 9.35. The van der Waals surface area contributed by atoms with Gasteiger partial charge in [0.1, 0.15) is 5.54 Å². The van der Waals surface area contributed by atoms with Gasteiger partial charge in [0.15, 0.2) is 11.8 Å². The molecule has 0 unspecified atom stereocenters. The molecule has 0 saturated carbocycles. The van der Waals surface area contributed by atoms with Crippen molar-refractivity contribution >= 4 is 6.09 Å². The van der Waals surface area contributed by atoms with Crippen LogP contribution in [0.15, 0.2) is 0 Å². The van der Waals surface area contributed by atoms with Crippen molar-refractivity contribution in [3.63, 3.8) is 0 Å². The average molecular weight is 220 g/mol. The maximum Gasteiger partial charge on any atom is 0.470 e.